The molecule has 0 spiro atoms. The van der Waals surface area contributed by atoms with Crippen LogP contribution in [0, 0.1) is 10.1 Å². The summed E-state index contributed by atoms with van der Waals surface area (Å²) in [6.45, 7) is 0. The molecule has 2 rings (SSSR count). The number of anilines is 2. The Morgan fingerprint density at radius 3 is 2.60 bits per heavy atom. The molecule has 104 valence electrons. The smallest absolute Gasteiger partial charge is 0.312 e. The van der Waals surface area contributed by atoms with Crippen molar-refractivity contribution in [3.8, 4) is 0 Å². The summed E-state index contributed by atoms with van der Waals surface area (Å²) in [6.07, 6.45) is 1.45. The molecule has 0 aliphatic carbocycles. The molecule has 0 aliphatic rings. The molecule has 0 saturated heterocycles. The molecule has 0 saturated carbocycles. The second-order valence-corrected chi connectivity index (χ2v) is 6.15. The van der Waals surface area contributed by atoms with Crippen LogP contribution in [0.15, 0.2) is 33.3 Å². The zero-order valence-corrected chi connectivity index (χ0v) is 14.2. The van der Waals surface area contributed by atoms with Crippen LogP contribution in [0.3, 0.4) is 0 Å². The van der Waals surface area contributed by atoms with E-state index < -0.39 is 4.92 Å². The van der Waals surface area contributed by atoms with Gasteiger partial charge in [0.2, 0.25) is 5.82 Å². The Labute approximate surface area is 140 Å². The Morgan fingerprint density at radius 1 is 1.25 bits per heavy atom. The second kappa shape index (κ2) is 6.26. The minimum absolute atomic E-state index is 0.0819. The summed E-state index contributed by atoms with van der Waals surface area (Å²) in [4.78, 5) is 14.4. The minimum Gasteiger partial charge on any atom is -0.333 e. The Balaban J connectivity index is 2.45. The quantitative estimate of drug-likeness (QED) is 0.384. The van der Waals surface area contributed by atoms with Crippen LogP contribution < -0.4 is 5.32 Å². The number of pyridine rings is 1. The number of nitro groups is 1. The first-order valence-electron chi connectivity index (χ1n) is 5.10. The molecule has 0 radical (unpaired) electrons. The minimum atomic E-state index is -0.533. The number of nitrogens with zero attached hydrogens (tertiary/aromatic N) is 2. The molecule has 9 heteroatoms. The van der Waals surface area contributed by atoms with Gasteiger partial charge in [-0.2, -0.15) is 0 Å². The van der Waals surface area contributed by atoms with Crippen LogP contribution in [0.25, 0.3) is 0 Å². The van der Waals surface area contributed by atoms with Crippen LogP contribution in [-0.4, -0.2) is 9.91 Å². The molecule has 1 heterocycles. The molecule has 0 unspecified atom stereocenters. The van der Waals surface area contributed by atoms with E-state index >= 15 is 0 Å². The van der Waals surface area contributed by atoms with Gasteiger partial charge in [-0.05, 0) is 44.0 Å². The van der Waals surface area contributed by atoms with Crippen LogP contribution in [0.4, 0.5) is 17.2 Å². The maximum Gasteiger partial charge on any atom is 0.312 e. The third-order valence-corrected chi connectivity index (χ3v) is 4.52. The molecule has 0 atom stereocenters. The number of hydrogen-bond donors (Lipinski definition) is 1. The van der Waals surface area contributed by atoms with E-state index in [0.29, 0.717) is 19.7 Å². The Bertz CT molecular complexity index is 698. The van der Waals surface area contributed by atoms with Gasteiger partial charge in [-0.1, -0.05) is 23.2 Å². The lowest BCUT2D eigenvalue weighted by Crippen LogP contribution is -2.00. The molecule has 20 heavy (non-hydrogen) atoms. The molecule has 0 amide bonds. The highest BCUT2D eigenvalue weighted by molar-refractivity contribution is 9.10. The Kier molecular flexibility index (Phi) is 4.85. The topological polar surface area (TPSA) is 68.1 Å². The van der Waals surface area contributed by atoms with Crippen molar-refractivity contribution in [3.63, 3.8) is 0 Å². The molecule has 0 fully saturated rings. The maximum absolute atomic E-state index is 11.0. The summed E-state index contributed by atoms with van der Waals surface area (Å²) in [7, 11) is 0. The average molecular weight is 442 g/mol. The van der Waals surface area contributed by atoms with Crippen molar-refractivity contribution >= 4 is 72.3 Å². The molecule has 2 aromatic rings. The summed E-state index contributed by atoms with van der Waals surface area (Å²) >= 11 is 18.5. The fourth-order valence-corrected chi connectivity index (χ4v) is 2.55. The lowest BCUT2D eigenvalue weighted by molar-refractivity contribution is -0.384. The van der Waals surface area contributed by atoms with Crippen LogP contribution in [-0.2, 0) is 0 Å². The predicted octanol–water partition coefficient (Wildman–Crippen LogP) is 5.57. The van der Waals surface area contributed by atoms with Gasteiger partial charge in [0.25, 0.3) is 0 Å². The van der Waals surface area contributed by atoms with Crippen molar-refractivity contribution < 1.29 is 4.92 Å². The third kappa shape index (κ3) is 3.22. The Hall–Kier alpha value is -0.890. The lowest BCUT2D eigenvalue weighted by Gasteiger charge is -2.10. The highest BCUT2D eigenvalue weighted by Crippen LogP contribution is 2.38. The molecule has 1 aromatic heterocycles. The zero-order chi connectivity index (χ0) is 14.9. The molecule has 0 bridgehead atoms. The van der Waals surface area contributed by atoms with Gasteiger partial charge in [0.05, 0.1) is 20.7 Å². The van der Waals surface area contributed by atoms with E-state index in [-0.39, 0.29) is 16.5 Å². The van der Waals surface area contributed by atoms with Gasteiger partial charge in [0.1, 0.15) is 0 Å². The van der Waals surface area contributed by atoms with Crippen molar-refractivity contribution in [2.24, 2.45) is 0 Å². The van der Waals surface area contributed by atoms with E-state index in [1.165, 1.54) is 12.3 Å². The highest BCUT2D eigenvalue weighted by Gasteiger charge is 2.18. The summed E-state index contributed by atoms with van der Waals surface area (Å²) in [5, 5.41) is 14.4. The van der Waals surface area contributed by atoms with Crippen LogP contribution in [0.2, 0.25) is 10.0 Å². The van der Waals surface area contributed by atoms with Gasteiger partial charge in [-0.3, -0.25) is 10.1 Å². The van der Waals surface area contributed by atoms with E-state index in [1.54, 1.807) is 12.1 Å². The van der Waals surface area contributed by atoms with Gasteiger partial charge in [-0.25, -0.2) is 4.98 Å². The second-order valence-electron chi connectivity index (χ2n) is 3.63. The first kappa shape index (κ1) is 15.5. The third-order valence-electron chi connectivity index (χ3n) is 2.32. The first-order valence-corrected chi connectivity index (χ1v) is 7.45. The lowest BCUT2D eigenvalue weighted by atomic mass is 10.3. The molecule has 5 nitrogen and oxygen atoms in total. The Morgan fingerprint density at radius 2 is 1.95 bits per heavy atom. The number of aromatic nitrogens is 1. The van der Waals surface area contributed by atoms with Crippen LogP contribution in [0.1, 0.15) is 0 Å². The number of nitrogens with one attached hydrogen (secondary N) is 1. The normalized spacial score (nSPS) is 10.4. The maximum atomic E-state index is 11.0. The number of halogens is 4. The van der Waals surface area contributed by atoms with E-state index in [1.807, 2.05) is 0 Å². The highest BCUT2D eigenvalue weighted by atomic mass is 79.9. The summed E-state index contributed by atoms with van der Waals surface area (Å²) in [6, 6.07) is 4.68. The standard InChI is InChI=1S/C11H5Br2Cl2N3O2/c12-5-3-8(18(19)20)11(16-4-5)17-7-2-1-6(13)9(14)10(7)15/h1-4H,(H,16,17). The molecular weight excluding hydrogens is 437 g/mol. The molecule has 1 aromatic carbocycles. The van der Waals surface area contributed by atoms with Crippen molar-refractivity contribution in [1.29, 1.82) is 0 Å². The predicted molar refractivity (Wildman–Crippen MR) is 86.0 cm³/mol. The summed E-state index contributed by atoms with van der Waals surface area (Å²) in [5.41, 5.74) is 0.257. The monoisotopic (exact) mass is 439 g/mol. The fraction of sp³-hybridized carbons (Fsp3) is 0. The van der Waals surface area contributed by atoms with Crippen molar-refractivity contribution in [2.75, 3.05) is 5.32 Å². The molecular formula is C11H5Br2Cl2N3O2. The number of hydrogen-bond acceptors (Lipinski definition) is 4. The van der Waals surface area contributed by atoms with E-state index in [4.69, 9.17) is 23.2 Å². The van der Waals surface area contributed by atoms with E-state index in [9.17, 15) is 10.1 Å². The zero-order valence-electron chi connectivity index (χ0n) is 9.53. The summed E-state index contributed by atoms with van der Waals surface area (Å²) < 4.78 is 1.14. The molecule has 1 N–H and O–H groups in total. The van der Waals surface area contributed by atoms with Crippen LogP contribution in [0.5, 0.6) is 0 Å². The van der Waals surface area contributed by atoms with Crippen molar-refractivity contribution in [1.82, 2.24) is 4.98 Å². The first-order chi connectivity index (χ1) is 9.40. The van der Waals surface area contributed by atoms with Gasteiger partial charge in [-0.15, -0.1) is 0 Å². The van der Waals surface area contributed by atoms with Gasteiger partial charge >= 0.3 is 5.69 Å². The number of benzene rings is 1. The molecule has 0 aliphatic heterocycles. The van der Waals surface area contributed by atoms with Crippen molar-refractivity contribution in [2.45, 2.75) is 0 Å². The van der Waals surface area contributed by atoms with Crippen molar-refractivity contribution in [3.05, 3.63) is 53.5 Å². The van der Waals surface area contributed by atoms with Crippen LogP contribution >= 0.6 is 55.1 Å². The van der Waals surface area contributed by atoms with Gasteiger partial charge in [0, 0.05) is 21.2 Å². The van der Waals surface area contributed by atoms with Gasteiger partial charge < -0.3 is 5.32 Å². The number of rotatable bonds is 3. The average Bonchev–Trinajstić information content (AvgIpc) is 2.41. The van der Waals surface area contributed by atoms with E-state index in [2.05, 4.69) is 42.2 Å². The van der Waals surface area contributed by atoms with Gasteiger partial charge in [0.15, 0.2) is 0 Å². The largest absolute Gasteiger partial charge is 0.333 e. The fourth-order valence-electron chi connectivity index (χ4n) is 1.41. The van der Waals surface area contributed by atoms with E-state index in [0.717, 1.165) is 0 Å². The SMILES string of the molecule is O=[N+]([O-])c1cc(Br)cnc1Nc1ccc(Br)c(Cl)c1Cl. The summed E-state index contributed by atoms with van der Waals surface area (Å²) in [5.74, 6) is 0.0819.